The Bertz CT molecular complexity index is 264. The van der Waals surface area contributed by atoms with E-state index in [0.29, 0.717) is 0 Å². The lowest BCUT2D eigenvalue weighted by molar-refractivity contribution is -0.406. The van der Waals surface area contributed by atoms with Crippen molar-refractivity contribution in [2.45, 2.75) is 50.0 Å². The maximum absolute atomic E-state index is 10.3. The normalized spacial score (nSPS) is 54.0. The molecule has 0 aliphatic carbocycles. The fraction of sp³-hybridized carbons (Fsp3) is 1.00. The van der Waals surface area contributed by atoms with Gasteiger partial charge in [0.15, 0.2) is 5.79 Å². The summed E-state index contributed by atoms with van der Waals surface area (Å²) in [5.74, 6) is -1.82. The first-order valence-electron chi connectivity index (χ1n) is 5.10. The second kappa shape index (κ2) is 3.90. The van der Waals surface area contributed by atoms with Gasteiger partial charge in [0, 0.05) is 7.11 Å². The number of rotatable bonds is 2. The molecule has 0 aromatic rings. The average molecular weight is 236 g/mol. The van der Waals surface area contributed by atoms with E-state index < -0.39 is 35.8 Å². The van der Waals surface area contributed by atoms with Gasteiger partial charge in [-0.15, -0.1) is 0 Å². The Kier molecular flexibility index (Phi) is 3.37. The lowest BCUT2D eigenvalue weighted by atomic mass is 9.72. The first-order valence-corrected chi connectivity index (χ1v) is 5.10. The predicted molar refractivity (Wildman–Crippen MR) is 54.6 cm³/mol. The van der Waals surface area contributed by atoms with E-state index in [2.05, 4.69) is 0 Å². The van der Waals surface area contributed by atoms with Crippen molar-refractivity contribution in [1.29, 1.82) is 0 Å². The van der Waals surface area contributed by atoms with E-state index in [4.69, 9.17) is 14.6 Å². The van der Waals surface area contributed by atoms with Crippen molar-refractivity contribution in [3.05, 3.63) is 0 Å². The van der Waals surface area contributed by atoms with Gasteiger partial charge in [-0.25, -0.2) is 0 Å². The van der Waals surface area contributed by atoms with Crippen LogP contribution in [0.15, 0.2) is 0 Å². The number of aliphatic hydroxyl groups excluding tert-OH is 2. The number of hydrogen-bond acceptors (Lipinski definition) is 6. The van der Waals surface area contributed by atoms with Crippen LogP contribution in [0, 0.1) is 0 Å². The molecular formula is C10H20O6. The molecule has 6 heteroatoms. The van der Waals surface area contributed by atoms with Crippen LogP contribution in [0.3, 0.4) is 0 Å². The summed E-state index contributed by atoms with van der Waals surface area (Å²) in [6, 6.07) is 0. The quantitative estimate of drug-likeness (QED) is 0.471. The standard InChI is InChI=1S/C10H20O6/c1-8(13)7(12)6(5-11)16-10(3,14)9(8,2)15-4/h6-7,11-14H,5H2,1-4H3/t6-,7-,8+,9+,10+/m1/s1. The molecule has 1 heterocycles. The highest BCUT2D eigenvalue weighted by Gasteiger charge is 2.66. The Balaban J connectivity index is 3.20. The molecule has 0 unspecified atom stereocenters. The van der Waals surface area contributed by atoms with Gasteiger partial charge in [0.2, 0.25) is 0 Å². The Hall–Kier alpha value is -0.240. The number of hydrogen-bond donors (Lipinski definition) is 4. The monoisotopic (exact) mass is 236 g/mol. The summed E-state index contributed by atoms with van der Waals surface area (Å²) >= 11 is 0. The Morgan fingerprint density at radius 2 is 1.75 bits per heavy atom. The lowest BCUT2D eigenvalue weighted by Crippen LogP contribution is -2.77. The fourth-order valence-electron chi connectivity index (χ4n) is 2.12. The summed E-state index contributed by atoms with van der Waals surface area (Å²) in [5, 5.41) is 39.3. The van der Waals surface area contributed by atoms with E-state index >= 15 is 0 Å². The topological polar surface area (TPSA) is 99.4 Å². The van der Waals surface area contributed by atoms with Crippen molar-refractivity contribution < 1.29 is 29.9 Å². The van der Waals surface area contributed by atoms with Crippen LogP contribution >= 0.6 is 0 Å². The Morgan fingerprint density at radius 3 is 2.12 bits per heavy atom. The summed E-state index contributed by atoms with van der Waals surface area (Å²) in [6.07, 6.45) is -2.42. The number of methoxy groups -OCH3 is 1. The van der Waals surface area contributed by atoms with Crippen LogP contribution in [-0.2, 0) is 9.47 Å². The van der Waals surface area contributed by atoms with Crippen molar-refractivity contribution >= 4 is 0 Å². The van der Waals surface area contributed by atoms with Gasteiger partial charge in [0.05, 0.1) is 6.61 Å². The predicted octanol–water partition coefficient (Wildman–Crippen LogP) is -1.40. The Morgan fingerprint density at radius 1 is 1.25 bits per heavy atom. The zero-order valence-corrected chi connectivity index (χ0v) is 9.97. The fourth-order valence-corrected chi connectivity index (χ4v) is 2.12. The summed E-state index contributed by atoms with van der Waals surface area (Å²) in [7, 11) is 1.30. The number of aliphatic hydroxyl groups is 4. The average Bonchev–Trinajstić information content (AvgIpc) is 2.21. The summed E-state index contributed by atoms with van der Waals surface area (Å²) in [4.78, 5) is 0. The maximum atomic E-state index is 10.3. The minimum Gasteiger partial charge on any atom is -0.394 e. The first-order chi connectivity index (χ1) is 7.14. The van der Waals surface area contributed by atoms with Gasteiger partial charge in [0.1, 0.15) is 23.4 Å². The van der Waals surface area contributed by atoms with Gasteiger partial charge in [-0.3, -0.25) is 0 Å². The van der Waals surface area contributed by atoms with E-state index in [0.717, 1.165) is 0 Å². The second-order valence-electron chi connectivity index (χ2n) is 4.65. The molecule has 0 spiro atoms. The van der Waals surface area contributed by atoms with E-state index in [1.807, 2.05) is 0 Å². The van der Waals surface area contributed by atoms with E-state index in [9.17, 15) is 15.3 Å². The van der Waals surface area contributed by atoms with E-state index in [1.54, 1.807) is 0 Å². The third-order valence-electron chi connectivity index (χ3n) is 3.75. The molecule has 1 rings (SSSR count). The van der Waals surface area contributed by atoms with Crippen molar-refractivity contribution in [3.8, 4) is 0 Å². The van der Waals surface area contributed by atoms with Gasteiger partial charge < -0.3 is 29.9 Å². The van der Waals surface area contributed by atoms with Crippen LogP contribution in [0.2, 0.25) is 0 Å². The van der Waals surface area contributed by atoms with Crippen LogP contribution in [0.4, 0.5) is 0 Å². The van der Waals surface area contributed by atoms with Gasteiger partial charge in [0.25, 0.3) is 0 Å². The minimum absolute atomic E-state index is 0.507. The molecule has 0 radical (unpaired) electrons. The van der Waals surface area contributed by atoms with Crippen molar-refractivity contribution in [2.75, 3.05) is 13.7 Å². The summed E-state index contributed by atoms with van der Waals surface area (Å²) < 4.78 is 10.3. The van der Waals surface area contributed by atoms with Gasteiger partial charge in [-0.05, 0) is 20.8 Å². The van der Waals surface area contributed by atoms with Crippen molar-refractivity contribution in [3.63, 3.8) is 0 Å². The molecule has 96 valence electrons. The molecule has 1 saturated heterocycles. The molecular weight excluding hydrogens is 216 g/mol. The second-order valence-corrected chi connectivity index (χ2v) is 4.65. The zero-order chi connectivity index (χ0) is 12.8. The highest BCUT2D eigenvalue weighted by Crippen LogP contribution is 2.44. The van der Waals surface area contributed by atoms with Crippen LogP contribution in [-0.4, -0.2) is 63.3 Å². The molecule has 0 aromatic heterocycles. The molecule has 0 amide bonds. The first kappa shape index (κ1) is 13.8. The van der Waals surface area contributed by atoms with Crippen molar-refractivity contribution in [1.82, 2.24) is 0 Å². The molecule has 1 aliphatic heterocycles. The van der Waals surface area contributed by atoms with Gasteiger partial charge in [-0.2, -0.15) is 0 Å². The highest BCUT2D eigenvalue weighted by atomic mass is 16.7. The molecule has 0 aromatic carbocycles. The smallest absolute Gasteiger partial charge is 0.195 e. The van der Waals surface area contributed by atoms with Crippen LogP contribution in [0.1, 0.15) is 20.8 Å². The van der Waals surface area contributed by atoms with Gasteiger partial charge in [-0.1, -0.05) is 0 Å². The molecule has 1 fully saturated rings. The molecule has 5 atom stereocenters. The zero-order valence-electron chi connectivity index (χ0n) is 9.97. The molecule has 4 N–H and O–H groups in total. The lowest BCUT2D eigenvalue weighted by Gasteiger charge is -2.57. The third kappa shape index (κ3) is 1.57. The minimum atomic E-state index is -1.82. The Labute approximate surface area is 94.4 Å². The molecule has 6 nitrogen and oxygen atoms in total. The largest absolute Gasteiger partial charge is 0.394 e. The SMILES string of the molecule is CO[C@]1(C)[C@@](C)(O)O[C@H](CO)[C@@H](O)[C@]1(C)O. The molecule has 0 bridgehead atoms. The molecule has 1 aliphatic rings. The van der Waals surface area contributed by atoms with Crippen molar-refractivity contribution in [2.24, 2.45) is 0 Å². The maximum Gasteiger partial charge on any atom is 0.195 e. The molecule has 0 saturated carbocycles. The van der Waals surface area contributed by atoms with Gasteiger partial charge >= 0.3 is 0 Å². The van der Waals surface area contributed by atoms with Crippen LogP contribution in [0.5, 0.6) is 0 Å². The molecule has 16 heavy (non-hydrogen) atoms. The summed E-state index contributed by atoms with van der Waals surface area (Å²) in [5.41, 5.74) is -3.26. The highest BCUT2D eigenvalue weighted by molar-refractivity contribution is 5.12. The van der Waals surface area contributed by atoms with E-state index in [1.165, 1.54) is 27.9 Å². The van der Waals surface area contributed by atoms with Crippen LogP contribution < -0.4 is 0 Å². The van der Waals surface area contributed by atoms with E-state index in [-0.39, 0.29) is 0 Å². The summed E-state index contributed by atoms with van der Waals surface area (Å²) in [6.45, 7) is 3.58. The van der Waals surface area contributed by atoms with Crippen LogP contribution in [0.25, 0.3) is 0 Å². The third-order valence-corrected chi connectivity index (χ3v) is 3.75. The number of ether oxygens (including phenoxy) is 2.